The summed E-state index contributed by atoms with van der Waals surface area (Å²) < 4.78 is 17.6. The van der Waals surface area contributed by atoms with Gasteiger partial charge in [0.05, 0.1) is 20.0 Å². The maximum absolute atomic E-state index is 12.7. The van der Waals surface area contributed by atoms with Gasteiger partial charge in [0.25, 0.3) is 0 Å². The van der Waals surface area contributed by atoms with E-state index in [2.05, 4.69) is 5.32 Å². The molecule has 0 aliphatic carbocycles. The molecule has 1 aromatic heterocycles. The van der Waals surface area contributed by atoms with Crippen LogP contribution in [0.25, 0.3) is 27.7 Å². The molecular weight excluding hydrogens is 462 g/mol. The third-order valence-electron chi connectivity index (χ3n) is 5.88. The van der Waals surface area contributed by atoms with Gasteiger partial charge in [0, 0.05) is 45.3 Å². The van der Waals surface area contributed by atoms with Crippen LogP contribution < -0.4 is 14.8 Å². The van der Waals surface area contributed by atoms with E-state index in [0.717, 1.165) is 50.1 Å². The van der Waals surface area contributed by atoms with Crippen molar-refractivity contribution in [3.63, 3.8) is 0 Å². The summed E-state index contributed by atoms with van der Waals surface area (Å²) in [4.78, 5) is 12.7. The second kappa shape index (κ2) is 10.7. The maximum atomic E-state index is 12.7. The smallest absolute Gasteiger partial charge is 0.244 e. The number of para-hydroxylation sites is 1. The van der Waals surface area contributed by atoms with Gasteiger partial charge in [-0.05, 0) is 56.2 Å². The Labute approximate surface area is 210 Å². The minimum absolute atomic E-state index is 0.185. The highest BCUT2D eigenvalue weighted by atomic mass is 35.5. The van der Waals surface area contributed by atoms with E-state index in [4.69, 9.17) is 25.5 Å². The molecule has 35 heavy (non-hydrogen) atoms. The molecule has 0 fully saturated rings. The van der Waals surface area contributed by atoms with Gasteiger partial charge in [-0.15, -0.1) is 0 Å². The quantitative estimate of drug-likeness (QED) is 0.266. The molecule has 0 saturated carbocycles. The van der Waals surface area contributed by atoms with Crippen LogP contribution in [0.5, 0.6) is 11.5 Å². The van der Waals surface area contributed by atoms with E-state index in [1.807, 2.05) is 63.2 Å². The van der Waals surface area contributed by atoms with Crippen molar-refractivity contribution in [3.8, 4) is 22.6 Å². The summed E-state index contributed by atoms with van der Waals surface area (Å²) in [5.74, 6) is 1.28. The Morgan fingerprint density at radius 3 is 2.57 bits per heavy atom. The van der Waals surface area contributed by atoms with Gasteiger partial charge >= 0.3 is 0 Å². The van der Waals surface area contributed by atoms with Gasteiger partial charge in [0.1, 0.15) is 17.1 Å². The van der Waals surface area contributed by atoms with Crippen LogP contribution in [0.2, 0.25) is 5.02 Å². The number of carbonyl (C=O) groups excluding carboxylic acids is 1. The van der Waals surface area contributed by atoms with Gasteiger partial charge in [-0.1, -0.05) is 41.9 Å². The maximum Gasteiger partial charge on any atom is 0.244 e. The minimum atomic E-state index is -0.185. The van der Waals surface area contributed by atoms with E-state index >= 15 is 0 Å². The minimum Gasteiger partial charge on any atom is -0.496 e. The molecule has 0 unspecified atom stereocenters. The van der Waals surface area contributed by atoms with E-state index in [-0.39, 0.29) is 5.91 Å². The number of aryl methyl sites for hydroxylation is 1. The van der Waals surface area contributed by atoms with E-state index < -0.39 is 0 Å². The molecule has 0 aliphatic rings. The van der Waals surface area contributed by atoms with E-state index in [1.165, 1.54) is 0 Å². The fourth-order valence-corrected chi connectivity index (χ4v) is 4.26. The molecule has 4 rings (SSSR count). The zero-order chi connectivity index (χ0) is 24.9. The van der Waals surface area contributed by atoms with Crippen molar-refractivity contribution < 1.29 is 18.7 Å². The first-order chi connectivity index (χ1) is 16.9. The lowest BCUT2D eigenvalue weighted by Gasteiger charge is -2.15. The van der Waals surface area contributed by atoms with Crippen LogP contribution >= 0.6 is 11.6 Å². The van der Waals surface area contributed by atoms with E-state index in [0.29, 0.717) is 23.9 Å². The number of methoxy groups -OCH3 is 1. The van der Waals surface area contributed by atoms with Crippen molar-refractivity contribution >= 4 is 34.1 Å². The van der Waals surface area contributed by atoms with Crippen LogP contribution in [0.3, 0.4) is 0 Å². The van der Waals surface area contributed by atoms with E-state index in [9.17, 15) is 4.79 Å². The lowest BCUT2D eigenvalue weighted by atomic mass is 9.96. The summed E-state index contributed by atoms with van der Waals surface area (Å²) in [6.45, 7) is 6.73. The molecule has 0 saturated heterocycles. The van der Waals surface area contributed by atoms with Gasteiger partial charge < -0.3 is 19.2 Å². The molecular formula is C29H28ClNO4. The molecule has 0 bridgehead atoms. The Balaban J connectivity index is 1.72. The molecule has 5 nitrogen and oxygen atoms in total. The molecule has 180 valence electrons. The first-order valence-corrected chi connectivity index (χ1v) is 11.8. The van der Waals surface area contributed by atoms with Crippen LogP contribution in [-0.4, -0.2) is 19.6 Å². The van der Waals surface area contributed by atoms with Crippen LogP contribution in [0, 0.1) is 6.92 Å². The summed E-state index contributed by atoms with van der Waals surface area (Å²) in [5, 5.41) is 4.53. The number of benzene rings is 3. The molecule has 1 N–H and O–H groups in total. The number of ether oxygens (including phenoxy) is 2. The Morgan fingerprint density at radius 1 is 1.11 bits per heavy atom. The van der Waals surface area contributed by atoms with Gasteiger partial charge in [0.2, 0.25) is 5.91 Å². The summed E-state index contributed by atoms with van der Waals surface area (Å²) in [6.07, 6.45) is 3.34. The van der Waals surface area contributed by atoms with Crippen molar-refractivity contribution in [2.75, 3.05) is 13.7 Å². The number of hydrogen-bond donors (Lipinski definition) is 1. The molecule has 1 amide bonds. The summed E-state index contributed by atoms with van der Waals surface area (Å²) >= 11 is 5.94. The highest BCUT2D eigenvalue weighted by Crippen LogP contribution is 2.42. The average molecular weight is 490 g/mol. The van der Waals surface area contributed by atoms with Crippen molar-refractivity contribution in [2.24, 2.45) is 0 Å². The number of fused-ring (bicyclic) bond motifs is 1. The predicted octanol–water partition coefficient (Wildman–Crippen LogP) is 7.19. The van der Waals surface area contributed by atoms with Crippen LogP contribution in [0.15, 0.2) is 71.4 Å². The standard InChI is InChI=1S/C29H28ClNO4/c1-5-34-28-19(3)29-24(25(17-35-29)22-8-6-7-9-26(22)33-4)15-23(28)18(2)14-27(32)31-16-20-10-12-21(30)13-11-20/h6-15,17H,5,16H2,1-4H3,(H,31,32)/b18-14+. The normalized spacial score (nSPS) is 11.5. The number of halogens is 1. The molecule has 0 radical (unpaired) electrons. The van der Waals surface area contributed by atoms with Gasteiger partial charge in [-0.3, -0.25) is 4.79 Å². The second-order valence-corrected chi connectivity index (χ2v) is 8.65. The number of hydrogen-bond acceptors (Lipinski definition) is 4. The number of amides is 1. The lowest BCUT2D eigenvalue weighted by molar-refractivity contribution is -0.116. The third kappa shape index (κ3) is 5.20. The fourth-order valence-electron chi connectivity index (χ4n) is 4.13. The zero-order valence-corrected chi connectivity index (χ0v) is 21.0. The van der Waals surface area contributed by atoms with Crippen LogP contribution in [-0.2, 0) is 11.3 Å². The lowest BCUT2D eigenvalue weighted by Crippen LogP contribution is -2.20. The SMILES string of the molecule is CCOc1c(/C(C)=C/C(=O)NCc2ccc(Cl)cc2)cc2c(-c3ccccc3OC)coc2c1C. The first-order valence-electron chi connectivity index (χ1n) is 11.4. The van der Waals surface area contributed by atoms with Crippen LogP contribution in [0.1, 0.15) is 30.5 Å². The van der Waals surface area contributed by atoms with Crippen molar-refractivity contribution in [3.05, 3.63) is 88.6 Å². The highest BCUT2D eigenvalue weighted by molar-refractivity contribution is 6.30. The fraction of sp³-hybridized carbons (Fsp3) is 0.207. The molecule has 0 aliphatic heterocycles. The number of carbonyl (C=O) groups is 1. The Bertz CT molecular complexity index is 1390. The molecule has 3 aromatic carbocycles. The molecule has 4 aromatic rings. The van der Waals surface area contributed by atoms with Gasteiger partial charge in [-0.2, -0.15) is 0 Å². The largest absolute Gasteiger partial charge is 0.496 e. The Morgan fingerprint density at radius 2 is 1.86 bits per heavy atom. The van der Waals surface area contributed by atoms with Crippen molar-refractivity contribution in [1.29, 1.82) is 0 Å². The first kappa shape index (κ1) is 24.4. The number of nitrogens with one attached hydrogen (secondary N) is 1. The topological polar surface area (TPSA) is 60.7 Å². The molecule has 6 heteroatoms. The summed E-state index contributed by atoms with van der Waals surface area (Å²) in [7, 11) is 1.65. The average Bonchev–Trinajstić information content (AvgIpc) is 3.29. The van der Waals surface area contributed by atoms with Crippen LogP contribution in [0.4, 0.5) is 0 Å². The van der Waals surface area contributed by atoms with Crippen molar-refractivity contribution in [2.45, 2.75) is 27.3 Å². The summed E-state index contributed by atoms with van der Waals surface area (Å²) in [6, 6.07) is 17.2. The molecule has 0 spiro atoms. The second-order valence-electron chi connectivity index (χ2n) is 8.21. The summed E-state index contributed by atoms with van der Waals surface area (Å²) in [5.41, 5.74) is 6.10. The number of allylic oxidation sites excluding steroid dienone is 1. The highest BCUT2D eigenvalue weighted by Gasteiger charge is 2.20. The van der Waals surface area contributed by atoms with Crippen molar-refractivity contribution in [1.82, 2.24) is 5.32 Å². The third-order valence-corrected chi connectivity index (χ3v) is 6.13. The Hall–Kier alpha value is -3.70. The number of rotatable bonds is 8. The van der Waals surface area contributed by atoms with Gasteiger partial charge in [0.15, 0.2) is 0 Å². The predicted molar refractivity (Wildman–Crippen MR) is 141 cm³/mol. The zero-order valence-electron chi connectivity index (χ0n) is 20.3. The molecule has 1 heterocycles. The van der Waals surface area contributed by atoms with E-state index in [1.54, 1.807) is 31.6 Å². The molecule has 0 atom stereocenters. The number of furan rings is 1. The van der Waals surface area contributed by atoms with Gasteiger partial charge in [-0.25, -0.2) is 0 Å². The monoisotopic (exact) mass is 489 g/mol. The Kier molecular flexibility index (Phi) is 7.47.